The van der Waals surface area contributed by atoms with Crippen LogP contribution < -0.4 is 9.80 Å². The highest BCUT2D eigenvalue weighted by Crippen LogP contribution is 2.38. The number of anilines is 6. The Kier molecular flexibility index (Phi) is 9.31. The quantitative estimate of drug-likeness (QED) is 0.114. The number of carbonyl (C=O) groups is 1. The molecule has 0 aliphatic heterocycles. The number of rotatable bonds is 10. The second kappa shape index (κ2) is 14.1. The first-order valence-corrected chi connectivity index (χ1v) is 15.8. The van der Waals surface area contributed by atoms with Crippen LogP contribution in [0.2, 0.25) is 0 Å². The predicted octanol–water partition coefficient (Wildman–Crippen LogP) is 11.5. The van der Waals surface area contributed by atoms with E-state index in [0.29, 0.717) is 5.57 Å². The van der Waals surface area contributed by atoms with Crippen LogP contribution in [0.15, 0.2) is 164 Å². The first-order valence-electron chi connectivity index (χ1n) is 15.8. The molecule has 232 valence electrons. The van der Waals surface area contributed by atoms with Crippen LogP contribution in [0.1, 0.15) is 23.6 Å². The molecule has 0 fully saturated rings. The maximum atomic E-state index is 11.9. The van der Waals surface area contributed by atoms with Crippen molar-refractivity contribution in [3.05, 3.63) is 181 Å². The number of benzene rings is 6. The summed E-state index contributed by atoms with van der Waals surface area (Å²) in [4.78, 5) is 16.4. The number of esters is 1. The fourth-order valence-corrected chi connectivity index (χ4v) is 5.48. The predicted molar refractivity (Wildman–Crippen MR) is 195 cm³/mol. The standard InChI is InChI=1S/C43H38N2O2/c1-31(2)43(46)47-30-34-14-24-40(25-15-34)45(39-22-12-33(4)13-23-39)42-28-18-36(19-29-42)35-16-26-41(27-17-35)44(37-8-6-5-7-9-37)38-20-10-32(3)11-21-38/h5-29H,1,30H2,2-4H3. The Morgan fingerprint density at radius 1 is 0.511 bits per heavy atom. The Labute approximate surface area is 277 Å². The van der Waals surface area contributed by atoms with E-state index in [9.17, 15) is 4.79 Å². The largest absolute Gasteiger partial charge is 0.457 e. The first kappa shape index (κ1) is 31.1. The SMILES string of the molecule is C=C(C)C(=O)OCc1ccc(N(c2ccc(C)cc2)c2ccc(-c3ccc(N(c4ccccc4)c4ccc(C)cc4)cc3)cc2)cc1. The molecule has 0 saturated carbocycles. The summed E-state index contributed by atoms with van der Waals surface area (Å²) in [5.41, 5.74) is 12.5. The van der Waals surface area contributed by atoms with Crippen LogP contribution in [0.3, 0.4) is 0 Å². The monoisotopic (exact) mass is 614 g/mol. The van der Waals surface area contributed by atoms with E-state index in [1.165, 1.54) is 11.1 Å². The van der Waals surface area contributed by atoms with Crippen molar-refractivity contribution < 1.29 is 9.53 Å². The molecule has 0 heterocycles. The van der Waals surface area contributed by atoms with Crippen LogP contribution in [-0.4, -0.2) is 5.97 Å². The van der Waals surface area contributed by atoms with E-state index in [1.54, 1.807) is 6.92 Å². The van der Waals surface area contributed by atoms with E-state index in [4.69, 9.17) is 4.74 Å². The van der Waals surface area contributed by atoms with Gasteiger partial charge in [-0.3, -0.25) is 0 Å². The van der Waals surface area contributed by atoms with Crippen molar-refractivity contribution in [1.82, 2.24) is 0 Å². The Hall–Kier alpha value is -5.87. The van der Waals surface area contributed by atoms with E-state index < -0.39 is 0 Å². The number of hydrogen-bond acceptors (Lipinski definition) is 4. The Morgan fingerprint density at radius 2 is 0.851 bits per heavy atom. The molecule has 0 radical (unpaired) electrons. The van der Waals surface area contributed by atoms with Crippen molar-refractivity contribution in [3.63, 3.8) is 0 Å². The molecule has 4 heteroatoms. The second-order valence-corrected chi connectivity index (χ2v) is 11.8. The van der Waals surface area contributed by atoms with Gasteiger partial charge in [0.2, 0.25) is 0 Å². The van der Waals surface area contributed by atoms with Crippen molar-refractivity contribution in [3.8, 4) is 11.1 Å². The van der Waals surface area contributed by atoms with Gasteiger partial charge < -0.3 is 14.5 Å². The van der Waals surface area contributed by atoms with Gasteiger partial charge in [0.25, 0.3) is 0 Å². The van der Waals surface area contributed by atoms with E-state index in [1.807, 2.05) is 18.2 Å². The summed E-state index contributed by atoms with van der Waals surface area (Å²) < 4.78 is 5.34. The third-order valence-corrected chi connectivity index (χ3v) is 8.10. The topological polar surface area (TPSA) is 32.8 Å². The number of aryl methyl sites for hydroxylation is 2. The first-order chi connectivity index (χ1) is 22.9. The van der Waals surface area contributed by atoms with Gasteiger partial charge in [-0.2, -0.15) is 0 Å². The lowest BCUT2D eigenvalue weighted by atomic mass is 10.0. The van der Waals surface area contributed by atoms with E-state index in [2.05, 4.69) is 164 Å². The molecule has 0 atom stereocenters. The molecular formula is C43H38N2O2. The molecule has 0 unspecified atom stereocenters. The van der Waals surface area contributed by atoms with Gasteiger partial charge in [-0.25, -0.2) is 4.79 Å². The Balaban J connectivity index is 1.27. The van der Waals surface area contributed by atoms with E-state index >= 15 is 0 Å². The van der Waals surface area contributed by atoms with Crippen molar-refractivity contribution in [2.45, 2.75) is 27.4 Å². The fraction of sp³-hybridized carbons (Fsp3) is 0.0930. The molecule has 6 aromatic carbocycles. The average Bonchev–Trinajstić information content (AvgIpc) is 3.11. The van der Waals surface area contributed by atoms with Gasteiger partial charge in [0.1, 0.15) is 6.61 Å². The maximum Gasteiger partial charge on any atom is 0.333 e. The summed E-state index contributed by atoms with van der Waals surface area (Å²) in [6.07, 6.45) is 0. The smallest absolute Gasteiger partial charge is 0.333 e. The average molecular weight is 615 g/mol. The summed E-state index contributed by atoms with van der Waals surface area (Å²) in [6, 6.07) is 53.1. The minimum absolute atomic E-state index is 0.206. The van der Waals surface area contributed by atoms with Crippen molar-refractivity contribution in [2.75, 3.05) is 9.80 Å². The number of ether oxygens (including phenoxy) is 1. The lowest BCUT2D eigenvalue weighted by Gasteiger charge is -2.26. The van der Waals surface area contributed by atoms with Gasteiger partial charge in [0.05, 0.1) is 0 Å². The molecule has 47 heavy (non-hydrogen) atoms. The van der Waals surface area contributed by atoms with Crippen LogP contribution in [0, 0.1) is 13.8 Å². The zero-order valence-electron chi connectivity index (χ0n) is 27.1. The van der Waals surface area contributed by atoms with Gasteiger partial charge in [0, 0.05) is 39.7 Å². The Bertz CT molecular complexity index is 1950. The lowest BCUT2D eigenvalue weighted by molar-refractivity contribution is -0.140. The highest BCUT2D eigenvalue weighted by Gasteiger charge is 2.15. The zero-order valence-corrected chi connectivity index (χ0v) is 27.1. The summed E-state index contributed by atoms with van der Waals surface area (Å²) in [5.74, 6) is -0.384. The number of para-hydroxylation sites is 1. The molecule has 0 aromatic heterocycles. The minimum Gasteiger partial charge on any atom is -0.457 e. The maximum absolute atomic E-state index is 11.9. The molecular weight excluding hydrogens is 576 g/mol. The van der Waals surface area contributed by atoms with Crippen LogP contribution in [-0.2, 0) is 16.1 Å². The molecule has 6 rings (SSSR count). The molecule has 6 aromatic rings. The van der Waals surface area contributed by atoms with Crippen LogP contribution in [0.5, 0.6) is 0 Å². The molecule has 0 amide bonds. The van der Waals surface area contributed by atoms with E-state index in [0.717, 1.165) is 50.8 Å². The summed E-state index contributed by atoms with van der Waals surface area (Å²) in [6.45, 7) is 9.72. The number of nitrogens with zero attached hydrogens (tertiary/aromatic N) is 2. The van der Waals surface area contributed by atoms with Gasteiger partial charge in [-0.15, -0.1) is 0 Å². The molecule has 4 nitrogen and oxygen atoms in total. The van der Waals surface area contributed by atoms with Gasteiger partial charge in [0.15, 0.2) is 0 Å². The normalized spacial score (nSPS) is 10.7. The minimum atomic E-state index is -0.384. The zero-order chi connectivity index (χ0) is 32.8. The van der Waals surface area contributed by atoms with Crippen molar-refractivity contribution in [2.24, 2.45) is 0 Å². The highest BCUT2D eigenvalue weighted by atomic mass is 16.5. The van der Waals surface area contributed by atoms with Crippen LogP contribution in [0.25, 0.3) is 11.1 Å². The van der Waals surface area contributed by atoms with E-state index in [-0.39, 0.29) is 12.6 Å². The van der Waals surface area contributed by atoms with Gasteiger partial charge in [-0.05, 0) is 110 Å². The number of hydrogen-bond donors (Lipinski definition) is 0. The van der Waals surface area contributed by atoms with Gasteiger partial charge >= 0.3 is 5.97 Å². The molecule has 0 bridgehead atoms. The summed E-state index contributed by atoms with van der Waals surface area (Å²) in [7, 11) is 0. The highest BCUT2D eigenvalue weighted by molar-refractivity contribution is 5.87. The summed E-state index contributed by atoms with van der Waals surface area (Å²) in [5, 5.41) is 0. The molecule has 0 N–H and O–H groups in total. The Morgan fingerprint density at radius 3 is 1.23 bits per heavy atom. The summed E-state index contributed by atoms with van der Waals surface area (Å²) >= 11 is 0. The van der Waals surface area contributed by atoms with Crippen LogP contribution >= 0.6 is 0 Å². The van der Waals surface area contributed by atoms with Crippen LogP contribution in [0.4, 0.5) is 34.1 Å². The molecule has 0 spiro atoms. The molecule has 0 saturated heterocycles. The molecule has 0 aliphatic carbocycles. The second-order valence-electron chi connectivity index (χ2n) is 11.8. The lowest BCUT2D eigenvalue weighted by Crippen LogP contribution is -2.10. The molecule has 0 aliphatic rings. The van der Waals surface area contributed by atoms with Crippen molar-refractivity contribution in [1.29, 1.82) is 0 Å². The number of carbonyl (C=O) groups excluding carboxylic acids is 1. The van der Waals surface area contributed by atoms with Gasteiger partial charge in [-0.1, -0.05) is 96.6 Å². The third-order valence-electron chi connectivity index (χ3n) is 8.10. The fourth-order valence-electron chi connectivity index (χ4n) is 5.48. The van der Waals surface area contributed by atoms with Crippen molar-refractivity contribution >= 4 is 40.1 Å². The third kappa shape index (κ3) is 7.34.